The predicted octanol–water partition coefficient (Wildman–Crippen LogP) is 1.25. The van der Waals surface area contributed by atoms with E-state index in [9.17, 15) is 8.42 Å². The van der Waals surface area contributed by atoms with Crippen LogP contribution in [0.2, 0.25) is 0 Å². The molecular weight excluding hydrogens is 174 g/mol. The van der Waals surface area contributed by atoms with Crippen LogP contribution in [0.3, 0.4) is 0 Å². The fourth-order valence-electron chi connectivity index (χ4n) is 0.581. The van der Waals surface area contributed by atoms with Crippen LogP contribution < -0.4 is 4.24 Å². The molecule has 0 heterocycles. The summed E-state index contributed by atoms with van der Waals surface area (Å²) >= 11 is 4.93. The minimum atomic E-state index is -3.18. The fourth-order valence-corrected chi connectivity index (χ4v) is 1.47. The first kappa shape index (κ1) is 10.2. The molecule has 62 valence electrons. The van der Waals surface area contributed by atoms with Crippen LogP contribution >= 0.6 is 11.8 Å². The summed E-state index contributed by atoms with van der Waals surface area (Å²) in [5, 5.41) is 0. The third kappa shape index (κ3) is 5.02. The molecule has 0 amide bonds. The van der Waals surface area contributed by atoms with Gasteiger partial charge in [0.15, 0.2) is 0 Å². The van der Waals surface area contributed by atoms with E-state index in [1.807, 2.05) is 6.92 Å². The van der Waals surface area contributed by atoms with Gasteiger partial charge in [0, 0.05) is 0 Å². The Morgan fingerprint density at radius 1 is 1.40 bits per heavy atom. The number of nitrogens with one attached hydrogen (secondary N) is 1. The van der Waals surface area contributed by atoms with E-state index in [1.165, 1.54) is 0 Å². The molecule has 0 aromatic rings. The smallest absolute Gasteiger partial charge is 0.211 e. The number of halogens is 1. The highest BCUT2D eigenvalue weighted by Crippen LogP contribution is 1.97. The lowest BCUT2D eigenvalue weighted by atomic mass is 10.3. The lowest BCUT2D eigenvalue weighted by molar-refractivity contribution is 0.589. The summed E-state index contributed by atoms with van der Waals surface area (Å²) in [7, 11) is -3.18. The zero-order chi connectivity index (χ0) is 8.04. The molecule has 0 aromatic carbocycles. The molecule has 0 fully saturated rings. The van der Waals surface area contributed by atoms with E-state index >= 15 is 0 Å². The largest absolute Gasteiger partial charge is 0.224 e. The molecule has 0 aliphatic carbocycles. The topological polar surface area (TPSA) is 46.2 Å². The first-order valence-corrected chi connectivity index (χ1v) is 5.25. The van der Waals surface area contributed by atoms with Gasteiger partial charge in [0.2, 0.25) is 10.0 Å². The summed E-state index contributed by atoms with van der Waals surface area (Å²) < 4.78 is 23.0. The zero-order valence-electron chi connectivity index (χ0n) is 5.93. The Morgan fingerprint density at radius 3 is 2.40 bits per heavy atom. The highest BCUT2D eigenvalue weighted by atomic mass is 35.5. The second-order valence-electron chi connectivity index (χ2n) is 2.10. The zero-order valence-corrected chi connectivity index (χ0v) is 7.50. The van der Waals surface area contributed by atoms with E-state index in [1.54, 1.807) is 4.24 Å². The summed E-state index contributed by atoms with van der Waals surface area (Å²) in [6.07, 6.45) is 2.62. The van der Waals surface area contributed by atoms with Crippen molar-refractivity contribution in [2.24, 2.45) is 0 Å². The standard InChI is InChI=1S/C5H12ClNO2S/c1-2-3-4-5-10(8,9)7-6/h7H,2-5H2,1H3. The van der Waals surface area contributed by atoms with Gasteiger partial charge in [-0.1, -0.05) is 19.8 Å². The van der Waals surface area contributed by atoms with Crippen LogP contribution in [0.5, 0.6) is 0 Å². The monoisotopic (exact) mass is 185 g/mol. The Hall–Kier alpha value is 0.200. The molecule has 0 saturated heterocycles. The van der Waals surface area contributed by atoms with E-state index < -0.39 is 10.0 Å². The molecular formula is C5H12ClNO2S. The van der Waals surface area contributed by atoms with Gasteiger partial charge in [-0.2, -0.15) is 0 Å². The summed E-state index contributed by atoms with van der Waals surface area (Å²) in [4.78, 5) is 0. The van der Waals surface area contributed by atoms with Gasteiger partial charge in [0.1, 0.15) is 0 Å². The normalized spacial score (nSPS) is 11.8. The van der Waals surface area contributed by atoms with Crippen molar-refractivity contribution in [3.05, 3.63) is 0 Å². The molecule has 0 atom stereocenters. The van der Waals surface area contributed by atoms with Crippen molar-refractivity contribution in [1.82, 2.24) is 4.24 Å². The molecule has 0 bridgehead atoms. The van der Waals surface area contributed by atoms with Gasteiger partial charge in [-0.25, -0.2) is 8.42 Å². The van der Waals surface area contributed by atoms with Crippen LogP contribution in [0.4, 0.5) is 0 Å². The Morgan fingerprint density at radius 2 is 2.00 bits per heavy atom. The molecule has 1 N–H and O–H groups in total. The van der Waals surface area contributed by atoms with E-state index in [-0.39, 0.29) is 5.75 Å². The number of hydrogen-bond acceptors (Lipinski definition) is 2. The summed E-state index contributed by atoms with van der Waals surface area (Å²) in [6.45, 7) is 2.01. The van der Waals surface area contributed by atoms with Gasteiger partial charge in [-0.05, 0) is 18.2 Å². The van der Waals surface area contributed by atoms with Crippen LogP contribution in [0.25, 0.3) is 0 Å². The van der Waals surface area contributed by atoms with Crippen LogP contribution in [0, 0.1) is 0 Å². The van der Waals surface area contributed by atoms with Gasteiger partial charge in [0.25, 0.3) is 0 Å². The molecule has 0 aromatic heterocycles. The average Bonchev–Trinajstić information content (AvgIpc) is 1.89. The van der Waals surface area contributed by atoms with E-state index in [2.05, 4.69) is 0 Å². The minimum absolute atomic E-state index is 0.129. The highest BCUT2D eigenvalue weighted by molar-refractivity contribution is 7.90. The summed E-state index contributed by atoms with van der Waals surface area (Å²) in [5.74, 6) is 0.129. The van der Waals surface area contributed by atoms with E-state index in [0.29, 0.717) is 6.42 Å². The van der Waals surface area contributed by atoms with Gasteiger partial charge in [-0.3, -0.25) is 0 Å². The SMILES string of the molecule is CCCCCS(=O)(=O)NCl. The van der Waals surface area contributed by atoms with Gasteiger partial charge in [-0.15, -0.1) is 4.24 Å². The molecule has 0 unspecified atom stereocenters. The number of sulfonamides is 1. The number of hydrogen-bond donors (Lipinski definition) is 1. The molecule has 0 saturated carbocycles. The van der Waals surface area contributed by atoms with Crippen LogP contribution in [-0.2, 0) is 10.0 Å². The lowest BCUT2D eigenvalue weighted by Gasteiger charge is -1.97. The molecule has 0 spiro atoms. The minimum Gasteiger partial charge on any atom is -0.211 e. The number of rotatable bonds is 5. The fraction of sp³-hybridized carbons (Fsp3) is 1.00. The third-order valence-electron chi connectivity index (χ3n) is 1.13. The molecule has 0 radical (unpaired) electrons. The van der Waals surface area contributed by atoms with Crippen molar-refractivity contribution in [3.63, 3.8) is 0 Å². The molecule has 0 aliphatic rings. The van der Waals surface area contributed by atoms with Crippen LogP contribution in [-0.4, -0.2) is 14.2 Å². The van der Waals surface area contributed by atoms with Crippen LogP contribution in [0.1, 0.15) is 26.2 Å². The highest BCUT2D eigenvalue weighted by Gasteiger charge is 2.05. The quantitative estimate of drug-likeness (QED) is 0.518. The molecule has 3 nitrogen and oxygen atoms in total. The molecule has 0 aliphatic heterocycles. The second-order valence-corrected chi connectivity index (χ2v) is 4.36. The lowest BCUT2D eigenvalue weighted by Crippen LogP contribution is -2.17. The molecule has 10 heavy (non-hydrogen) atoms. The van der Waals surface area contributed by atoms with Gasteiger partial charge in [0.05, 0.1) is 5.75 Å². The molecule has 5 heteroatoms. The van der Waals surface area contributed by atoms with Crippen molar-refractivity contribution in [1.29, 1.82) is 0 Å². The predicted molar refractivity (Wildman–Crippen MR) is 42.3 cm³/mol. The van der Waals surface area contributed by atoms with E-state index in [4.69, 9.17) is 11.8 Å². The van der Waals surface area contributed by atoms with Crippen molar-refractivity contribution < 1.29 is 8.42 Å². The van der Waals surface area contributed by atoms with Crippen molar-refractivity contribution in [2.75, 3.05) is 5.75 Å². The molecule has 0 rings (SSSR count). The second kappa shape index (κ2) is 4.93. The Labute approximate surface area is 66.9 Å². The maximum absolute atomic E-state index is 10.6. The summed E-state index contributed by atoms with van der Waals surface area (Å²) in [6, 6.07) is 0. The maximum Gasteiger partial charge on any atom is 0.224 e. The first-order valence-electron chi connectivity index (χ1n) is 3.22. The average molecular weight is 186 g/mol. The van der Waals surface area contributed by atoms with Crippen molar-refractivity contribution in [2.45, 2.75) is 26.2 Å². The van der Waals surface area contributed by atoms with Crippen LogP contribution in [0.15, 0.2) is 0 Å². The van der Waals surface area contributed by atoms with Crippen molar-refractivity contribution in [3.8, 4) is 0 Å². The van der Waals surface area contributed by atoms with Crippen molar-refractivity contribution >= 4 is 21.8 Å². The van der Waals surface area contributed by atoms with E-state index in [0.717, 1.165) is 12.8 Å². The first-order chi connectivity index (χ1) is 4.62. The third-order valence-corrected chi connectivity index (χ3v) is 2.90. The Kier molecular flexibility index (Phi) is 5.03. The number of unbranched alkanes of at least 4 members (excludes halogenated alkanes) is 2. The van der Waals surface area contributed by atoms with Gasteiger partial charge < -0.3 is 0 Å². The summed E-state index contributed by atoms with van der Waals surface area (Å²) in [5.41, 5.74) is 0. The Balaban J connectivity index is 3.49. The maximum atomic E-state index is 10.6. The Bertz CT molecular complexity index is 166. The van der Waals surface area contributed by atoms with Gasteiger partial charge >= 0.3 is 0 Å².